The van der Waals surface area contributed by atoms with Crippen LogP contribution < -0.4 is 5.32 Å². The quantitative estimate of drug-likeness (QED) is 0.636. The van der Waals surface area contributed by atoms with E-state index in [1.165, 1.54) is 11.3 Å². The maximum Gasteiger partial charge on any atom is 0.298 e. The molecule has 0 unspecified atom stereocenters. The minimum atomic E-state index is -0.208. The summed E-state index contributed by atoms with van der Waals surface area (Å²) >= 11 is 1.50. The number of aromatic nitrogens is 1. The molecule has 6 nitrogen and oxygen atoms in total. The van der Waals surface area contributed by atoms with Gasteiger partial charge in [-0.1, -0.05) is 24.1 Å². The first-order valence-electron chi connectivity index (χ1n) is 10.2. The Balaban J connectivity index is 1.28. The molecule has 1 N–H and O–H groups in total. The molecule has 0 atom stereocenters. The molecule has 1 fully saturated rings. The maximum atomic E-state index is 12.4. The van der Waals surface area contributed by atoms with Crippen LogP contribution in [0.15, 0.2) is 52.3 Å². The average Bonchev–Trinajstić information content (AvgIpc) is 3.46. The first kappa shape index (κ1) is 20.9. The summed E-state index contributed by atoms with van der Waals surface area (Å²) in [7, 11) is 0. The number of rotatable bonds is 4. The van der Waals surface area contributed by atoms with Crippen LogP contribution in [0, 0.1) is 18.8 Å². The summed E-state index contributed by atoms with van der Waals surface area (Å²) in [5.41, 5.74) is 1.26. The number of piperidine rings is 1. The van der Waals surface area contributed by atoms with E-state index in [2.05, 4.69) is 22.1 Å². The SMILES string of the molecule is Cc1ccc(CNC(=O)c2csc(C3CCN(C(=O)C#Cc4ccccc4)CC3)n2)o1. The lowest BCUT2D eigenvalue weighted by atomic mass is 9.97. The number of likely N-dealkylation sites (tertiary alicyclic amines) is 1. The van der Waals surface area contributed by atoms with Crippen LogP contribution in [0.1, 0.15) is 51.3 Å². The molecule has 0 saturated carbocycles. The monoisotopic (exact) mass is 433 g/mol. The summed E-state index contributed by atoms with van der Waals surface area (Å²) < 4.78 is 5.47. The molecule has 2 aromatic heterocycles. The fraction of sp³-hybridized carbons (Fsp3) is 0.292. The van der Waals surface area contributed by atoms with E-state index in [0.717, 1.165) is 29.2 Å². The van der Waals surface area contributed by atoms with Gasteiger partial charge in [0.2, 0.25) is 0 Å². The molecule has 3 heterocycles. The number of furan rings is 1. The molecule has 158 valence electrons. The predicted molar refractivity (Wildman–Crippen MR) is 119 cm³/mol. The number of amides is 2. The van der Waals surface area contributed by atoms with Crippen LogP contribution in [-0.2, 0) is 11.3 Å². The second-order valence-electron chi connectivity index (χ2n) is 7.45. The summed E-state index contributed by atoms with van der Waals surface area (Å²) in [4.78, 5) is 31.1. The van der Waals surface area contributed by atoms with Crippen molar-refractivity contribution in [3.05, 3.63) is 75.6 Å². The highest BCUT2D eigenvalue weighted by Gasteiger charge is 2.25. The lowest BCUT2D eigenvalue weighted by molar-refractivity contribution is -0.126. The van der Waals surface area contributed by atoms with Crippen LogP contribution in [0.5, 0.6) is 0 Å². The summed E-state index contributed by atoms with van der Waals surface area (Å²) in [6, 6.07) is 13.2. The van der Waals surface area contributed by atoms with Gasteiger partial charge in [-0.15, -0.1) is 11.3 Å². The number of carbonyl (C=O) groups excluding carboxylic acids is 2. The first-order valence-corrected chi connectivity index (χ1v) is 11.1. The van der Waals surface area contributed by atoms with Crippen molar-refractivity contribution >= 4 is 23.2 Å². The maximum absolute atomic E-state index is 12.4. The van der Waals surface area contributed by atoms with E-state index in [4.69, 9.17) is 4.42 Å². The van der Waals surface area contributed by atoms with Crippen molar-refractivity contribution in [2.45, 2.75) is 32.2 Å². The van der Waals surface area contributed by atoms with Gasteiger partial charge >= 0.3 is 0 Å². The summed E-state index contributed by atoms with van der Waals surface area (Å²) in [5, 5.41) is 5.58. The van der Waals surface area contributed by atoms with Gasteiger partial charge in [0, 0.05) is 35.9 Å². The molecule has 4 rings (SSSR count). The lowest BCUT2D eigenvalue weighted by Gasteiger charge is -2.29. The fourth-order valence-electron chi connectivity index (χ4n) is 3.47. The zero-order valence-corrected chi connectivity index (χ0v) is 18.1. The number of benzene rings is 1. The van der Waals surface area contributed by atoms with Crippen LogP contribution in [0.25, 0.3) is 0 Å². The highest BCUT2D eigenvalue weighted by molar-refractivity contribution is 7.09. The van der Waals surface area contributed by atoms with Gasteiger partial charge < -0.3 is 14.6 Å². The van der Waals surface area contributed by atoms with Gasteiger partial charge in [-0.25, -0.2) is 4.98 Å². The minimum absolute atomic E-state index is 0.144. The molecule has 31 heavy (non-hydrogen) atoms. The normalized spacial score (nSPS) is 14.0. The van der Waals surface area contributed by atoms with Gasteiger partial charge in [0.1, 0.15) is 17.2 Å². The van der Waals surface area contributed by atoms with Gasteiger partial charge in [-0.2, -0.15) is 0 Å². The van der Waals surface area contributed by atoms with E-state index in [9.17, 15) is 9.59 Å². The summed E-state index contributed by atoms with van der Waals surface area (Å²) in [6.07, 6.45) is 1.64. The summed E-state index contributed by atoms with van der Waals surface area (Å²) in [5.74, 6) is 7.09. The number of thiazole rings is 1. The zero-order valence-electron chi connectivity index (χ0n) is 17.3. The number of nitrogens with one attached hydrogen (secondary N) is 1. The van der Waals surface area contributed by atoms with Crippen molar-refractivity contribution in [3.63, 3.8) is 0 Å². The number of hydrogen-bond acceptors (Lipinski definition) is 5. The van der Waals surface area contributed by atoms with Gasteiger partial charge in [-0.3, -0.25) is 9.59 Å². The van der Waals surface area contributed by atoms with Crippen molar-refractivity contribution in [1.29, 1.82) is 0 Å². The van der Waals surface area contributed by atoms with Gasteiger partial charge in [0.05, 0.1) is 11.6 Å². The van der Waals surface area contributed by atoms with Crippen molar-refractivity contribution in [2.24, 2.45) is 0 Å². The molecule has 0 bridgehead atoms. The van der Waals surface area contributed by atoms with Crippen molar-refractivity contribution in [2.75, 3.05) is 13.1 Å². The Labute approximate surface area is 185 Å². The Morgan fingerprint density at radius 3 is 2.68 bits per heavy atom. The van der Waals surface area contributed by atoms with Crippen molar-refractivity contribution < 1.29 is 14.0 Å². The van der Waals surface area contributed by atoms with Gasteiger partial charge in [0.25, 0.3) is 11.8 Å². The largest absolute Gasteiger partial charge is 0.465 e. The molecule has 0 radical (unpaired) electrons. The predicted octanol–water partition coefficient (Wildman–Crippen LogP) is 3.73. The molecular weight excluding hydrogens is 410 g/mol. The molecule has 1 aliphatic rings. The minimum Gasteiger partial charge on any atom is -0.465 e. The van der Waals surface area contributed by atoms with E-state index in [0.29, 0.717) is 31.1 Å². The van der Waals surface area contributed by atoms with E-state index in [1.54, 1.807) is 10.3 Å². The Morgan fingerprint density at radius 2 is 1.97 bits per heavy atom. The van der Waals surface area contributed by atoms with Crippen LogP contribution in [-0.4, -0.2) is 34.8 Å². The third kappa shape index (κ3) is 5.41. The molecular formula is C24H23N3O3S. The van der Waals surface area contributed by atoms with Crippen LogP contribution in [0.3, 0.4) is 0 Å². The number of carbonyl (C=O) groups is 2. The second-order valence-corrected chi connectivity index (χ2v) is 8.34. The fourth-order valence-corrected chi connectivity index (χ4v) is 4.44. The molecule has 1 saturated heterocycles. The van der Waals surface area contributed by atoms with Crippen LogP contribution in [0.4, 0.5) is 0 Å². The highest BCUT2D eigenvalue weighted by Crippen LogP contribution is 2.30. The highest BCUT2D eigenvalue weighted by atomic mass is 32.1. The molecule has 0 aliphatic carbocycles. The molecule has 1 aliphatic heterocycles. The van der Waals surface area contributed by atoms with E-state index in [1.807, 2.05) is 49.4 Å². The van der Waals surface area contributed by atoms with Crippen LogP contribution in [0.2, 0.25) is 0 Å². The van der Waals surface area contributed by atoms with E-state index >= 15 is 0 Å². The smallest absolute Gasteiger partial charge is 0.298 e. The third-order valence-corrected chi connectivity index (χ3v) is 6.20. The molecule has 7 heteroatoms. The zero-order chi connectivity index (χ0) is 21.6. The lowest BCUT2D eigenvalue weighted by Crippen LogP contribution is -2.37. The Bertz CT molecular complexity index is 1120. The van der Waals surface area contributed by atoms with Crippen molar-refractivity contribution in [1.82, 2.24) is 15.2 Å². The molecule has 0 spiro atoms. The third-order valence-electron chi connectivity index (χ3n) is 5.19. The molecule has 3 aromatic rings. The number of aryl methyl sites for hydroxylation is 1. The van der Waals surface area contributed by atoms with E-state index in [-0.39, 0.29) is 17.7 Å². The van der Waals surface area contributed by atoms with Crippen LogP contribution >= 0.6 is 11.3 Å². The summed E-state index contributed by atoms with van der Waals surface area (Å²) in [6.45, 7) is 3.49. The standard InChI is InChI=1S/C24H23N3O3S/c1-17-7-9-20(30-17)15-25-23(29)21-16-31-24(26-21)19-11-13-27(14-12-19)22(28)10-8-18-5-3-2-4-6-18/h2-7,9,16,19H,11-15H2,1H3,(H,25,29). The Morgan fingerprint density at radius 1 is 1.19 bits per heavy atom. The second kappa shape index (κ2) is 9.63. The van der Waals surface area contributed by atoms with Gasteiger partial charge in [-0.05, 0) is 44.0 Å². The number of hydrogen-bond donors (Lipinski definition) is 1. The Hall–Kier alpha value is -3.37. The van der Waals surface area contributed by atoms with Gasteiger partial charge in [0.15, 0.2) is 0 Å². The topological polar surface area (TPSA) is 75.4 Å². The molecule has 1 aromatic carbocycles. The first-order chi connectivity index (χ1) is 15.1. The average molecular weight is 434 g/mol. The molecule has 2 amide bonds. The Kier molecular flexibility index (Phi) is 6.48. The van der Waals surface area contributed by atoms with E-state index < -0.39 is 0 Å². The number of nitrogens with zero attached hydrogens (tertiary/aromatic N) is 2. The van der Waals surface area contributed by atoms with Crippen molar-refractivity contribution in [3.8, 4) is 11.8 Å².